The van der Waals surface area contributed by atoms with Gasteiger partial charge in [0.15, 0.2) is 0 Å². The monoisotopic (exact) mass is 268 g/mol. The van der Waals surface area contributed by atoms with Gasteiger partial charge in [-0.1, -0.05) is 23.8 Å². The standard InChI is InChI=1S/C17H16OS/c1-12-5-6-13(2)14(10-12)11-15-7-8-17(19-15)16-4-3-9-18-16/h3-10H,11H2,1-2H3. The molecule has 2 aromatic heterocycles. The van der Waals surface area contributed by atoms with E-state index in [4.69, 9.17) is 4.42 Å². The molecule has 0 aliphatic heterocycles. The normalized spacial score (nSPS) is 10.8. The number of aryl methyl sites for hydroxylation is 2. The summed E-state index contributed by atoms with van der Waals surface area (Å²) in [6.07, 6.45) is 2.72. The van der Waals surface area contributed by atoms with Crippen molar-refractivity contribution >= 4 is 11.3 Å². The maximum absolute atomic E-state index is 5.44. The molecule has 19 heavy (non-hydrogen) atoms. The maximum Gasteiger partial charge on any atom is 0.143 e. The predicted molar refractivity (Wildman–Crippen MR) is 80.7 cm³/mol. The van der Waals surface area contributed by atoms with Crippen molar-refractivity contribution in [1.82, 2.24) is 0 Å². The zero-order valence-corrected chi connectivity index (χ0v) is 12.0. The fourth-order valence-corrected chi connectivity index (χ4v) is 3.20. The van der Waals surface area contributed by atoms with Crippen molar-refractivity contribution in [3.05, 3.63) is 70.3 Å². The van der Waals surface area contributed by atoms with Crippen LogP contribution in [-0.4, -0.2) is 0 Å². The molecule has 0 bridgehead atoms. The number of hydrogen-bond donors (Lipinski definition) is 0. The smallest absolute Gasteiger partial charge is 0.143 e. The average Bonchev–Trinajstić information content (AvgIpc) is 3.04. The Hall–Kier alpha value is -1.80. The van der Waals surface area contributed by atoms with E-state index >= 15 is 0 Å². The van der Waals surface area contributed by atoms with Crippen LogP contribution in [0.1, 0.15) is 21.6 Å². The summed E-state index contributed by atoms with van der Waals surface area (Å²) in [5.41, 5.74) is 4.09. The lowest BCUT2D eigenvalue weighted by atomic mass is 10.0. The van der Waals surface area contributed by atoms with Crippen LogP contribution in [0.25, 0.3) is 10.6 Å². The highest BCUT2D eigenvalue weighted by Gasteiger charge is 2.07. The van der Waals surface area contributed by atoms with Gasteiger partial charge < -0.3 is 4.42 Å². The second-order valence-corrected chi connectivity index (χ2v) is 6.02. The minimum absolute atomic E-state index is 0.956. The maximum atomic E-state index is 5.44. The molecule has 96 valence electrons. The van der Waals surface area contributed by atoms with Gasteiger partial charge in [-0.15, -0.1) is 11.3 Å². The van der Waals surface area contributed by atoms with Crippen molar-refractivity contribution in [2.45, 2.75) is 20.3 Å². The lowest BCUT2D eigenvalue weighted by Crippen LogP contribution is -1.90. The van der Waals surface area contributed by atoms with Gasteiger partial charge in [0, 0.05) is 11.3 Å². The van der Waals surface area contributed by atoms with Crippen LogP contribution in [0.5, 0.6) is 0 Å². The van der Waals surface area contributed by atoms with E-state index in [1.165, 1.54) is 26.4 Å². The number of furan rings is 1. The third kappa shape index (κ3) is 2.64. The molecule has 3 aromatic rings. The summed E-state index contributed by atoms with van der Waals surface area (Å²) in [7, 11) is 0. The SMILES string of the molecule is Cc1ccc(C)c(Cc2ccc(-c3ccco3)s2)c1. The van der Waals surface area contributed by atoms with Crippen molar-refractivity contribution in [2.24, 2.45) is 0 Å². The summed E-state index contributed by atoms with van der Waals surface area (Å²) < 4.78 is 5.44. The van der Waals surface area contributed by atoms with E-state index in [0.717, 1.165) is 12.2 Å². The van der Waals surface area contributed by atoms with Gasteiger partial charge in [-0.25, -0.2) is 0 Å². The Bertz CT molecular complexity index is 677. The quantitative estimate of drug-likeness (QED) is 0.635. The van der Waals surface area contributed by atoms with Gasteiger partial charge in [-0.2, -0.15) is 0 Å². The molecule has 1 aromatic carbocycles. The Morgan fingerprint density at radius 1 is 1.05 bits per heavy atom. The first kappa shape index (κ1) is 12.2. The van der Waals surface area contributed by atoms with Gasteiger partial charge in [0.2, 0.25) is 0 Å². The van der Waals surface area contributed by atoms with Crippen LogP contribution in [0.15, 0.2) is 53.1 Å². The molecule has 0 saturated heterocycles. The Labute approximate surface area is 117 Å². The highest BCUT2D eigenvalue weighted by Crippen LogP contribution is 2.30. The zero-order valence-electron chi connectivity index (χ0n) is 11.1. The first-order chi connectivity index (χ1) is 9.22. The van der Waals surface area contributed by atoms with E-state index in [1.807, 2.05) is 12.1 Å². The molecule has 0 amide bonds. The molecule has 0 N–H and O–H groups in total. The minimum atomic E-state index is 0.956. The van der Waals surface area contributed by atoms with Crippen LogP contribution in [0, 0.1) is 13.8 Å². The number of thiophene rings is 1. The van der Waals surface area contributed by atoms with Crippen LogP contribution >= 0.6 is 11.3 Å². The number of benzene rings is 1. The highest BCUT2D eigenvalue weighted by atomic mass is 32.1. The summed E-state index contributed by atoms with van der Waals surface area (Å²) in [6.45, 7) is 4.32. The van der Waals surface area contributed by atoms with Gasteiger partial charge in [0.05, 0.1) is 11.1 Å². The molecule has 0 atom stereocenters. The molecular formula is C17H16OS. The lowest BCUT2D eigenvalue weighted by molar-refractivity contribution is 0.584. The molecule has 2 heteroatoms. The summed E-state index contributed by atoms with van der Waals surface area (Å²) in [4.78, 5) is 2.57. The second kappa shape index (κ2) is 5.06. The van der Waals surface area contributed by atoms with E-state index in [0.29, 0.717) is 0 Å². The summed E-state index contributed by atoms with van der Waals surface area (Å²) >= 11 is 1.81. The average molecular weight is 268 g/mol. The molecule has 0 fully saturated rings. The molecule has 3 rings (SSSR count). The van der Waals surface area contributed by atoms with Gasteiger partial charge in [-0.3, -0.25) is 0 Å². The molecular weight excluding hydrogens is 252 g/mol. The van der Waals surface area contributed by atoms with Crippen LogP contribution in [0.3, 0.4) is 0 Å². The Morgan fingerprint density at radius 2 is 1.95 bits per heavy atom. The molecule has 0 spiro atoms. The van der Waals surface area contributed by atoms with E-state index in [2.05, 4.69) is 44.2 Å². The molecule has 0 saturated carbocycles. The van der Waals surface area contributed by atoms with Crippen LogP contribution in [0.2, 0.25) is 0 Å². The van der Waals surface area contributed by atoms with Crippen molar-refractivity contribution in [2.75, 3.05) is 0 Å². The van der Waals surface area contributed by atoms with Crippen molar-refractivity contribution in [3.8, 4) is 10.6 Å². The van der Waals surface area contributed by atoms with Crippen molar-refractivity contribution in [1.29, 1.82) is 0 Å². The first-order valence-corrected chi connectivity index (χ1v) is 7.23. The second-order valence-electron chi connectivity index (χ2n) is 4.85. The van der Waals surface area contributed by atoms with Gasteiger partial charge in [-0.05, 0) is 49.2 Å². The number of hydrogen-bond acceptors (Lipinski definition) is 2. The highest BCUT2D eigenvalue weighted by molar-refractivity contribution is 7.15. The summed E-state index contributed by atoms with van der Waals surface area (Å²) in [5, 5.41) is 0. The van der Waals surface area contributed by atoms with Gasteiger partial charge in [0.25, 0.3) is 0 Å². The van der Waals surface area contributed by atoms with Crippen LogP contribution < -0.4 is 0 Å². The topological polar surface area (TPSA) is 13.1 Å². The molecule has 0 aliphatic carbocycles. The molecule has 2 heterocycles. The van der Waals surface area contributed by atoms with Gasteiger partial charge >= 0.3 is 0 Å². The fraction of sp³-hybridized carbons (Fsp3) is 0.176. The van der Waals surface area contributed by atoms with Crippen molar-refractivity contribution in [3.63, 3.8) is 0 Å². The van der Waals surface area contributed by atoms with Crippen molar-refractivity contribution < 1.29 is 4.42 Å². The predicted octanol–water partition coefficient (Wildman–Crippen LogP) is 5.22. The van der Waals surface area contributed by atoms with E-state index in [-0.39, 0.29) is 0 Å². The number of rotatable bonds is 3. The summed E-state index contributed by atoms with van der Waals surface area (Å²) in [6, 6.07) is 14.9. The fourth-order valence-electron chi connectivity index (χ4n) is 2.20. The molecule has 0 radical (unpaired) electrons. The lowest BCUT2D eigenvalue weighted by Gasteiger charge is -2.05. The first-order valence-electron chi connectivity index (χ1n) is 6.41. The Balaban J connectivity index is 1.86. The summed E-state index contributed by atoms with van der Waals surface area (Å²) in [5.74, 6) is 0.956. The molecule has 0 unspecified atom stereocenters. The zero-order chi connectivity index (χ0) is 13.2. The molecule has 0 aliphatic rings. The van der Waals surface area contributed by atoms with Crippen LogP contribution in [0.4, 0.5) is 0 Å². The third-order valence-electron chi connectivity index (χ3n) is 3.29. The van der Waals surface area contributed by atoms with E-state index < -0.39 is 0 Å². The largest absolute Gasteiger partial charge is 0.464 e. The van der Waals surface area contributed by atoms with Crippen LogP contribution in [-0.2, 0) is 6.42 Å². The Kier molecular flexibility index (Phi) is 3.26. The van der Waals surface area contributed by atoms with E-state index in [9.17, 15) is 0 Å². The van der Waals surface area contributed by atoms with Gasteiger partial charge in [0.1, 0.15) is 5.76 Å². The minimum Gasteiger partial charge on any atom is -0.464 e. The third-order valence-corrected chi connectivity index (χ3v) is 4.39. The molecule has 1 nitrogen and oxygen atoms in total. The van der Waals surface area contributed by atoms with E-state index in [1.54, 1.807) is 17.6 Å². The Morgan fingerprint density at radius 3 is 2.74 bits per heavy atom.